The molecule has 1 fully saturated rings. The van der Waals surface area contributed by atoms with Crippen molar-refractivity contribution >= 4 is 0 Å². The van der Waals surface area contributed by atoms with Gasteiger partial charge in [-0.25, -0.2) is 4.98 Å². The van der Waals surface area contributed by atoms with E-state index in [9.17, 15) is 0 Å². The summed E-state index contributed by atoms with van der Waals surface area (Å²) >= 11 is 0. The monoisotopic (exact) mass is 193 g/mol. The molecule has 2 heterocycles. The van der Waals surface area contributed by atoms with Crippen molar-refractivity contribution < 1.29 is 0 Å². The Labute approximate surface area is 85.7 Å². The molecule has 78 valence electrons. The van der Waals surface area contributed by atoms with Gasteiger partial charge in [0.2, 0.25) is 0 Å². The van der Waals surface area contributed by atoms with Gasteiger partial charge in [-0.05, 0) is 20.8 Å². The molecule has 1 aliphatic heterocycles. The molecule has 0 saturated carbocycles. The van der Waals surface area contributed by atoms with Crippen LogP contribution in [0.2, 0.25) is 0 Å². The molecule has 1 aromatic rings. The molecular formula is C11H19N3. The second-order valence-electron chi connectivity index (χ2n) is 5.20. The quantitative estimate of drug-likeness (QED) is 0.711. The molecule has 3 heteroatoms. The number of hydrogen-bond donors (Lipinski definition) is 0. The lowest BCUT2D eigenvalue weighted by molar-refractivity contribution is 0.00684. The summed E-state index contributed by atoms with van der Waals surface area (Å²) in [4.78, 5) is 6.57. The van der Waals surface area contributed by atoms with E-state index in [4.69, 9.17) is 0 Å². The molecule has 1 saturated heterocycles. The molecule has 0 atom stereocenters. The highest BCUT2D eigenvalue weighted by atomic mass is 15.2. The predicted molar refractivity (Wildman–Crippen MR) is 57.0 cm³/mol. The second-order valence-corrected chi connectivity index (χ2v) is 5.20. The fraction of sp³-hybridized carbons (Fsp3) is 0.727. The average Bonchev–Trinajstić information content (AvgIpc) is 2.44. The molecular weight excluding hydrogens is 174 g/mol. The molecule has 0 amide bonds. The van der Waals surface area contributed by atoms with Crippen LogP contribution in [-0.2, 0) is 6.54 Å². The molecule has 0 spiro atoms. The second kappa shape index (κ2) is 3.39. The number of aromatic nitrogens is 2. The Kier molecular flexibility index (Phi) is 2.35. The van der Waals surface area contributed by atoms with E-state index in [1.165, 1.54) is 13.1 Å². The fourth-order valence-corrected chi connectivity index (χ4v) is 1.93. The lowest BCUT2D eigenvalue weighted by atomic mass is 9.92. The number of imidazole rings is 1. The summed E-state index contributed by atoms with van der Waals surface area (Å²) < 4.78 is 2.17. The molecule has 3 nitrogen and oxygen atoms in total. The molecule has 2 rings (SSSR count). The summed E-state index contributed by atoms with van der Waals surface area (Å²) in [5.74, 6) is 0.809. The molecule has 0 unspecified atom stereocenters. The summed E-state index contributed by atoms with van der Waals surface area (Å²) in [7, 11) is 0. The normalized spacial score (nSPS) is 19.6. The molecule has 0 aliphatic carbocycles. The van der Waals surface area contributed by atoms with Crippen LogP contribution in [0.25, 0.3) is 0 Å². The zero-order valence-electron chi connectivity index (χ0n) is 9.27. The number of rotatable bonds is 2. The summed E-state index contributed by atoms with van der Waals surface area (Å²) in [5, 5.41) is 0. The van der Waals surface area contributed by atoms with Gasteiger partial charge in [-0.2, -0.15) is 0 Å². The van der Waals surface area contributed by atoms with E-state index in [0.29, 0.717) is 5.54 Å². The molecule has 0 bridgehead atoms. The summed E-state index contributed by atoms with van der Waals surface area (Å²) in [5.41, 5.74) is 0.339. The van der Waals surface area contributed by atoms with Crippen LogP contribution in [0.1, 0.15) is 20.8 Å². The van der Waals surface area contributed by atoms with Gasteiger partial charge >= 0.3 is 0 Å². The SMILES string of the molecule is CC(C)(C)N1CC(Cn2ccnc2)C1. The zero-order chi connectivity index (χ0) is 10.2. The topological polar surface area (TPSA) is 21.1 Å². The minimum atomic E-state index is 0.339. The third-order valence-electron chi connectivity index (χ3n) is 2.93. The zero-order valence-corrected chi connectivity index (χ0v) is 9.27. The third kappa shape index (κ3) is 1.98. The summed E-state index contributed by atoms with van der Waals surface area (Å²) in [6.07, 6.45) is 5.79. The van der Waals surface area contributed by atoms with Gasteiger partial charge in [-0.3, -0.25) is 4.90 Å². The highest BCUT2D eigenvalue weighted by Gasteiger charge is 2.33. The maximum atomic E-state index is 4.05. The van der Waals surface area contributed by atoms with Crippen LogP contribution >= 0.6 is 0 Å². The van der Waals surface area contributed by atoms with Crippen molar-refractivity contribution in [3.63, 3.8) is 0 Å². The maximum Gasteiger partial charge on any atom is 0.0946 e. The van der Waals surface area contributed by atoms with Gasteiger partial charge < -0.3 is 4.57 Å². The number of nitrogens with zero attached hydrogens (tertiary/aromatic N) is 3. The van der Waals surface area contributed by atoms with Gasteiger partial charge in [0.1, 0.15) is 0 Å². The van der Waals surface area contributed by atoms with Gasteiger partial charge in [0, 0.05) is 43.5 Å². The van der Waals surface area contributed by atoms with Crippen LogP contribution < -0.4 is 0 Å². The summed E-state index contributed by atoms with van der Waals surface area (Å²) in [6, 6.07) is 0. The number of likely N-dealkylation sites (tertiary alicyclic amines) is 1. The van der Waals surface area contributed by atoms with E-state index in [0.717, 1.165) is 12.5 Å². The van der Waals surface area contributed by atoms with Gasteiger partial charge in [0.05, 0.1) is 6.33 Å². The minimum absolute atomic E-state index is 0.339. The van der Waals surface area contributed by atoms with Crippen LogP contribution in [0, 0.1) is 5.92 Å². The molecule has 1 aliphatic rings. The Morgan fingerprint density at radius 3 is 2.57 bits per heavy atom. The molecule has 0 radical (unpaired) electrons. The van der Waals surface area contributed by atoms with Crippen molar-refractivity contribution in [2.24, 2.45) is 5.92 Å². The molecule has 14 heavy (non-hydrogen) atoms. The van der Waals surface area contributed by atoms with E-state index in [-0.39, 0.29) is 0 Å². The van der Waals surface area contributed by atoms with Crippen LogP contribution in [0.4, 0.5) is 0 Å². The summed E-state index contributed by atoms with van der Waals surface area (Å²) in [6.45, 7) is 10.4. The van der Waals surface area contributed by atoms with E-state index in [1.54, 1.807) is 0 Å². The maximum absolute atomic E-state index is 4.05. The van der Waals surface area contributed by atoms with Crippen molar-refractivity contribution in [3.8, 4) is 0 Å². The van der Waals surface area contributed by atoms with Crippen LogP contribution in [0.3, 0.4) is 0 Å². The first-order valence-corrected chi connectivity index (χ1v) is 5.26. The Bertz CT molecular complexity index is 278. The highest BCUT2D eigenvalue weighted by molar-refractivity contribution is 4.89. The van der Waals surface area contributed by atoms with Crippen molar-refractivity contribution in [2.45, 2.75) is 32.9 Å². The van der Waals surface area contributed by atoms with E-state index >= 15 is 0 Å². The molecule has 1 aromatic heterocycles. The van der Waals surface area contributed by atoms with Gasteiger partial charge in [0.25, 0.3) is 0 Å². The van der Waals surface area contributed by atoms with Crippen molar-refractivity contribution in [1.82, 2.24) is 14.5 Å². The first kappa shape index (κ1) is 9.71. The van der Waals surface area contributed by atoms with Gasteiger partial charge in [0.15, 0.2) is 0 Å². The Balaban J connectivity index is 1.79. The lowest BCUT2D eigenvalue weighted by Gasteiger charge is -2.47. The van der Waals surface area contributed by atoms with Gasteiger partial charge in [-0.15, -0.1) is 0 Å². The Morgan fingerprint density at radius 1 is 1.36 bits per heavy atom. The van der Waals surface area contributed by atoms with Crippen LogP contribution in [0.5, 0.6) is 0 Å². The van der Waals surface area contributed by atoms with E-state index in [1.807, 2.05) is 18.7 Å². The van der Waals surface area contributed by atoms with Crippen molar-refractivity contribution in [3.05, 3.63) is 18.7 Å². The van der Waals surface area contributed by atoms with Crippen molar-refractivity contribution in [1.29, 1.82) is 0 Å². The van der Waals surface area contributed by atoms with Crippen molar-refractivity contribution in [2.75, 3.05) is 13.1 Å². The first-order chi connectivity index (χ1) is 6.55. The Hall–Kier alpha value is -0.830. The average molecular weight is 193 g/mol. The smallest absolute Gasteiger partial charge is 0.0946 e. The molecule has 0 N–H and O–H groups in total. The third-order valence-corrected chi connectivity index (χ3v) is 2.93. The minimum Gasteiger partial charge on any atom is -0.337 e. The largest absolute Gasteiger partial charge is 0.337 e. The number of hydrogen-bond acceptors (Lipinski definition) is 2. The first-order valence-electron chi connectivity index (χ1n) is 5.26. The van der Waals surface area contributed by atoms with Crippen LogP contribution in [-0.4, -0.2) is 33.1 Å². The van der Waals surface area contributed by atoms with Gasteiger partial charge in [-0.1, -0.05) is 0 Å². The Morgan fingerprint density at radius 2 is 2.07 bits per heavy atom. The fourth-order valence-electron chi connectivity index (χ4n) is 1.93. The van der Waals surface area contributed by atoms with E-state index in [2.05, 4.69) is 35.2 Å². The lowest BCUT2D eigenvalue weighted by Crippen LogP contribution is -2.56. The van der Waals surface area contributed by atoms with E-state index < -0.39 is 0 Å². The molecule has 0 aromatic carbocycles. The predicted octanol–water partition coefficient (Wildman–Crippen LogP) is 1.61. The van der Waals surface area contributed by atoms with Crippen LogP contribution in [0.15, 0.2) is 18.7 Å². The highest BCUT2D eigenvalue weighted by Crippen LogP contribution is 2.25. The standard InChI is InChI=1S/C11H19N3/c1-11(2,3)14-7-10(8-14)6-13-5-4-12-9-13/h4-5,9-10H,6-8H2,1-3H3.